The minimum atomic E-state index is -1.71. The highest BCUT2D eigenvalue weighted by Gasteiger charge is 2.27. The zero-order valence-corrected chi connectivity index (χ0v) is 7.09. The molecule has 1 N–H and O–H groups in total. The van der Waals surface area contributed by atoms with E-state index < -0.39 is 5.85 Å². The van der Waals surface area contributed by atoms with Crippen molar-refractivity contribution in [2.24, 2.45) is 0 Å². The molecular weight excluding hydrogens is 159 g/mol. The molecule has 1 aliphatic rings. The Kier molecular flexibility index (Phi) is 2.87. The Hall–Kier alpha value is -0.830. The molecule has 0 bridgehead atoms. The first-order valence-electron chi connectivity index (χ1n) is 4.07. The van der Waals surface area contributed by atoms with E-state index in [9.17, 15) is 4.39 Å². The van der Waals surface area contributed by atoms with Crippen LogP contribution in [0.3, 0.4) is 0 Å². The van der Waals surface area contributed by atoms with Gasteiger partial charge in [0.25, 0.3) is 0 Å². The third-order valence-corrected chi connectivity index (χ3v) is 1.64. The molecular formula is C9H13FO2. The highest BCUT2D eigenvalue weighted by molar-refractivity contribution is 5.20. The van der Waals surface area contributed by atoms with Gasteiger partial charge in [-0.3, -0.25) is 0 Å². The van der Waals surface area contributed by atoms with Crippen LogP contribution in [0.2, 0.25) is 0 Å². The van der Waals surface area contributed by atoms with Crippen molar-refractivity contribution in [3.63, 3.8) is 0 Å². The lowest BCUT2D eigenvalue weighted by atomic mass is 10.1. The monoisotopic (exact) mass is 172 g/mol. The highest BCUT2D eigenvalue weighted by atomic mass is 19.2. The molecule has 1 unspecified atom stereocenters. The fraction of sp³-hybridized carbons (Fsp3) is 0.556. The molecule has 0 aromatic carbocycles. The van der Waals surface area contributed by atoms with Crippen LogP contribution < -0.4 is 0 Å². The molecule has 0 radical (unpaired) electrons. The first-order chi connectivity index (χ1) is 5.66. The van der Waals surface area contributed by atoms with Gasteiger partial charge in [0.1, 0.15) is 5.76 Å². The Bertz CT molecular complexity index is 211. The number of rotatable bonds is 3. The predicted molar refractivity (Wildman–Crippen MR) is 44.6 cm³/mol. The number of allylic oxidation sites excluding steroid dienone is 1. The molecule has 0 saturated carbocycles. The zero-order chi connectivity index (χ0) is 9.03. The summed E-state index contributed by atoms with van der Waals surface area (Å²) < 4.78 is 18.4. The molecule has 0 aromatic heterocycles. The lowest BCUT2D eigenvalue weighted by Gasteiger charge is -2.22. The number of hydrogen-bond donors (Lipinski definition) is 1. The number of aliphatic hydroxyl groups is 1. The molecule has 0 amide bonds. The summed E-state index contributed by atoms with van der Waals surface area (Å²) >= 11 is 0. The number of hydrogen-bond acceptors (Lipinski definition) is 2. The van der Waals surface area contributed by atoms with Gasteiger partial charge in [-0.25, -0.2) is 4.39 Å². The summed E-state index contributed by atoms with van der Waals surface area (Å²) in [5.74, 6) is -1.61. The van der Waals surface area contributed by atoms with Crippen molar-refractivity contribution in [3.05, 3.63) is 24.0 Å². The van der Waals surface area contributed by atoms with Crippen molar-refractivity contribution in [1.29, 1.82) is 0 Å². The topological polar surface area (TPSA) is 29.5 Å². The van der Waals surface area contributed by atoms with Gasteiger partial charge < -0.3 is 9.84 Å². The van der Waals surface area contributed by atoms with Crippen LogP contribution in [-0.2, 0) is 4.74 Å². The van der Waals surface area contributed by atoms with E-state index in [0.717, 1.165) is 6.42 Å². The van der Waals surface area contributed by atoms with Gasteiger partial charge in [-0.1, -0.05) is 6.92 Å². The molecule has 0 spiro atoms. The fourth-order valence-electron chi connectivity index (χ4n) is 0.968. The summed E-state index contributed by atoms with van der Waals surface area (Å²) in [6.07, 6.45) is 4.86. The summed E-state index contributed by atoms with van der Waals surface area (Å²) in [6.45, 7) is 2.32. The van der Waals surface area contributed by atoms with Crippen LogP contribution in [0.4, 0.5) is 4.39 Å². The zero-order valence-electron chi connectivity index (χ0n) is 7.09. The Morgan fingerprint density at radius 2 is 2.50 bits per heavy atom. The molecule has 0 aliphatic heterocycles. The lowest BCUT2D eigenvalue weighted by Crippen LogP contribution is -2.25. The second kappa shape index (κ2) is 3.72. The second-order valence-electron chi connectivity index (χ2n) is 2.80. The molecule has 0 saturated heterocycles. The largest absolute Gasteiger partial charge is 0.508 e. The van der Waals surface area contributed by atoms with Gasteiger partial charge in [-0.15, -0.1) is 0 Å². The highest BCUT2D eigenvalue weighted by Crippen LogP contribution is 2.25. The summed E-state index contributed by atoms with van der Waals surface area (Å²) in [6, 6.07) is 0. The molecule has 0 aromatic rings. The van der Waals surface area contributed by atoms with Crippen molar-refractivity contribution in [3.8, 4) is 0 Å². The van der Waals surface area contributed by atoms with Crippen molar-refractivity contribution in [2.75, 3.05) is 6.61 Å². The van der Waals surface area contributed by atoms with Crippen LogP contribution in [0.25, 0.3) is 0 Å². The molecule has 3 heteroatoms. The van der Waals surface area contributed by atoms with E-state index in [-0.39, 0.29) is 12.2 Å². The van der Waals surface area contributed by atoms with Gasteiger partial charge in [0.05, 0.1) is 6.61 Å². The third kappa shape index (κ3) is 2.34. The molecule has 1 aliphatic carbocycles. The Balaban J connectivity index is 2.47. The van der Waals surface area contributed by atoms with Gasteiger partial charge in [0.15, 0.2) is 0 Å². The maximum absolute atomic E-state index is 13.5. The standard InChI is InChI=1S/C9H13FO2/c1-2-7-12-9(10)5-3-8(11)4-6-9/h3-5,11H,2,6-7H2,1H3. The maximum Gasteiger partial charge on any atom is 0.232 e. The average Bonchev–Trinajstić information content (AvgIpc) is 2.08. The van der Waals surface area contributed by atoms with E-state index >= 15 is 0 Å². The van der Waals surface area contributed by atoms with E-state index in [0.29, 0.717) is 6.61 Å². The lowest BCUT2D eigenvalue weighted by molar-refractivity contribution is -0.105. The number of halogens is 1. The quantitative estimate of drug-likeness (QED) is 0.708. The molecule has 0 fully saturated rings. The number of aliphatic hydroxyl groups excluding tert-OH is 1. The third-order valence-electron chi connectivity index (χ3n) is 1.64. The number of ether oxygens (including phenoxy) is 1. The summed E-state index contributed by atoms with van der Waals surface area (Å²) in [5, 5.41) is 8.92. The molecule has 1 atom stereocenters. The molecule has 2 nitrogen and oxygen atoms in total. The molecule has 0 heterocycles. The van der Waals surface area contributed by atoms with Gasteiger partial charge in [0.2, 0.25) is 5.85 Å². The van der Waals surface area contributed by atoms with Gasteiger partial charge in [-0.2, -0.15) is 0 Å². The molecule has 68 valence electrons. The van der Waals surface area contributed by atoms with Crippen LogP contribution in [0.1, 0.15) is 19.8 Å². The van der Waals surface area contributed by atoms with Crippen molar-refractivity contribution >= 4 is 0 Å². The Morgan fingerprint density at radius 3 is 3.00 bits per heavy atom. The first-order valence-corrected chi connectivity index (χ1v) is 4.07. The minimum Gasteiger partial charge on any atom is -0.508 e. The van der Waals surface area contributed by atoms with E-state index in [1.165, 1.54) is 18.2 Å². The molecule has 1 rings (SSSR count). The van der Waals surface area contributed by atoms with Gasteiger partial charge >= 0.3 is 0 Å². The molecule has 12 heavy (non-hydrogen) atoms. The second-order valence-corrected chi connectivity index (χ2v) is 2.80. The Labute approximate surface area is 71.3 Å². The van der Waals surface area contributed by atoms with Crippen molar-refractivity contribution in [1.82, 2.24) is 0 Å². The summed E-state index contributed by atoms with van der Waals surface area (Å²) in [4.78, 5) is 0. The van der Waals surface area contributed by atoms with E-state index in [1.807, 2.05) is 6.92 Å². The van der Waals surface area contributed by atoms with Crippen molar-refractivity contribution in [2.45, 2.75) is 25.6 Å². The van der Waals surface area contributed by atoms with E-state index in [4.69, 9.17) is 9.84 Å². The van der Waals surface area contributed by atoms with Gasteiger partial charge in [0, 0.05) is 6.42 Å². The normalized spacial score (nSPS) is 28.7. The van der Waals surface area contributed by atoms with E-state index in [1.54, 1.807) is 0 Å². The minimum absolute atomic E-state index is 0.0926. The summed E-state index contributed by atoms with van der Waals surface area (Å²) in [5.41, 5.74) is 0. The SMILES string of the molecule is CCCOC1(F)C=CC(O)=CC1. The van der Waals surface area contributed by atoms with Gasteiger partial charge in [-0.05, 0) is 24.6 Å². The predicted octanol–water partition coefficient (Wildman–Crippen LogP) is 2.48. The van der Waals surface area contributed by atoms with Crippen molar-refractivity contribution < 1.29 is 14.2 Å². The van der Waals surface area contributed by atoms with Crippen LogP contribution in [0.15, 0.2) is 24.0 Å². The average molecular weight is 172 g/mol. The van der Waals surface area contributed by atoms with Crippen LogP contribution in [0.5, 0.6) is 0 Å². The van der Waals surface area contributed by atoms with Crippen LogP contribution in [-0.4, -0.2) is 17.6 Å². The smallest absolute Gasteiger partial charge is 0.232 e. The first kappa shape index (κ1) is 9.26. The number of alkyl halides is 1. The van der Waals surface area contributed by atoms with E-state index in [2.05, 4.69) is 0 Å². The Morgan fingerprint density at radius 1 is 1.75 bits per heavy atom. The van der Waals surface area contributed by atoms with Crippen LogP contribution >= 0.6 is 0 Å². The summed E-state index contributed by atoms with van der Waals surface area (Å²) in [7, 11) is 0. The maximum atomic E-state index is 13.5. The fourth-order valence-corrected chi connectivity index (χ4v) is 0.968. The van der Waals surface area contributed by atoms with Crippen LogP contribution in [0, 0.1) is 0 Å².